The lowest BCUT2D eigenvalue weighted by atomic mass is 11.3. The molecule has 0 bridgehead atoms. The molecule has 0 aliphatic heterocycles. The van der Waals surface area contributed by atoms with Crippen LogP contribution in [0.25, 0.3) is 0 Å². The van der Waals surface area contributed by atoms with E-state index in [4.69, 9.17) is 0 Å². The van der Waals surface area contributed by atoms with Crippen LogP contribution in [0, 0.1) is 0 Å². The first-order chi connectivity index (χ1) is 5.45. The molecule has 0 fully saturated rings. The summed E-state index contributed by atoms with van der Waals surface area (Å²) in [5.74, 6) is 0. The van der Waals surface area contributed by atoms with E-state index < -0.39 is 0 Å². The molecule has 0 radical (unpaired) electrons. The molecule has 2 N–H and O–H groups in total. The Kier molecular flexibility index (Phi) is 1.56. The molecule has 0 aliphatic rings. The average Bonchev–Trinajstić information content (AvgIpc) is 2.60. The van der Waals surface area contributed by atoms with Crippen molar-refractivity contribution in [1.82, 2.24) is 30.4 Å². The van der Waals surface area contributed by atoms with Gasteiger partial charge in [-0.25, -0.2) is 9.97 Å². The van der Waals surface area contributed by atoms with E-state index >= 15 is 0 Å². The van der Waals surface area contributed by atoms with Gasteiger partial charge in [-0.05, 0) is 11.8 Å². The van der Waals surface area contributed by atoms with Gasteiger partial charge in [0.25, 0.3) is 0 Å². The highest BCUT2D eigenvalue weighted by Gasteiger charge is 2.02. The van der Waals surface area contributed by atoms with Gasteiger partial charge in [0.15, 0.2) is 0 Å². The zero-order chi connectivity index (χ0) is 7.52. The molecule has 0 amide bonds. The monoisotopic (exact) mass is 168 g/mol. The van der Waals surface area contributed by atoms with E-state index in [9.17, 15) is 0 Å². The Morgan fingerprint density at radius 3 is 1.91 bits per heavy atom. The number of rotatable bonds is 2. The highest BCUT2D eigenvalue weighted by atomic mass is 32.2. The zero-order valence-corrected chi connectivity index (χ0v) is 6.17. The van der Waals surface area contributed by atoms with E-state index in [0.717, 1.165) is 0 Å². The maximum atomic E-state index is 3.89. The maximum Gasteiger partial charge on any atom is 0.216 e. The Balaban J connectivity index is 2.14. The van der Waals surface area contributed by atoms with Crippen LogP contribution in [-0.4, -0.2) is 30.4 Å². The Labute approximate surface area is 65.8 Å². The topological polar surface area (TPSA) is 83.1 Å². The van der Waals surface area contributed by atoms with Crippen LogP contribution in [0.2, 0.25) is 0 Å². The van der Waals surface area contributed by atoms with Crippen molar-refractivity contribution in [3.63, 3.8) is 0 Å². The van der Waals surface area contributed by atoms with Crippen molar-refractivity contribution in [3.05, 3.63) is 12.7 Å². The third-order valence-electron chi connectivity index (χ3n) is 0.968. The largest absolute Gasteiger partial charge is 0.265 e. The lowest BCUT2D eigenvalue weighted by Crippen LogP contribution is -1.77. The summed E-state index contributed by atoms with van der Waals surface area (Å²) in [5.41, 5.74) is 0. The summed E-state index contributed by atoms with van der Waals surface area (Å²) in [6, 6.07) is 0. The summed E-state index contributed by atoms with van der Waals surface area (Å²) < 4.78 is 0. The van der Waals surface area contributed by atoms with E-state index in [1.165, 1.54) is 24.4 Å². The minimum absolute atomic E-state index is 0.615. The normalized spacial score (nSPS) is 10.2. The molecule has 11 heavy (non-hydrogen) atoms. The van der Waals surface area contributed by atoms with Crippen LogP contribution in [0.5, 0.6) is 0 Å². The quantitative estimate of drug-likeness (QED) is 0.663. The fourth-order valence-electron chi connectivity index (χ4n) is 0.574. The molecule has 0 spiro atoms. The molecule has 0 saturated carbocycles. The molecule has 2 aromatic rings. The number of nitrogens with one attached hydrogen (secondary N) is 2. The van der Waals surface area contributed by atoms with E-state index in [1.54, 1.807) is 0 Å². The molecular formula is C4H4N6S. The van der Waals surface area contributed by atoms with Gasteiger partial charge >= 0.3 is 0 Å². The summed E-state index contributed by atoms with van der Waals surface area (Å²) in [6.07, 6.45) is 3.02. The van der Waals surface area contributed by atoms with Gasteiger partial charge < -0.3 is 0 Å². The molecule has 0 aliphatic carbocycles. The summed E-state index contributed by atoms with van der Waals surface area (Å²) in [7, 11) is 0. The van der Waals surface area contributed by atoms with Crippen molar-refractivity contribution in [2.24, 2.45) is 0 Å². The lowest BCUT2D eigenvalue weighted by Gasteiger charge is -1.83. The minimum atomic E-state index is 0.615. The number of hydrogen-bond donors (Lipinski definition) is 2. The summed E-state index contributed by atoms with van der Waals surface area (Å²) >= 11 is 1.29. The fraction of sp³-hybridized carbons (Fsp3) is 0. The highest BCUT2D eigenvalue weighted by molar-refractivity contribution is 7.99. The van der Waals surface area contributed by atoms with Crippen molar-refractivity contribution in [1.29, 1.82) is 0 Å². The zero-order valence-electron chi connectivity index (χ0n) is 5.35. The third kappa shape index (κ3) is 1.37. The molecule has 6 nitrogen and oxygen atoms in total. The maximum absolute atomic E-state index is 3.89. The predicted molar refractivity (Wildman–Crippen MR) is 36.9 cm³/mol. The van der Waals surface area contributed by atoms with Crippen molar-refractivity contribution in [2.45, 2.75) is 10.3 Å². The second kappa shape index (κ2) is 2.70. The van der Waals surface area contributed by atoms with Gasteiger partial charge in [-0.3, -0.25) is 10.2 Å². The Morgan fingerprint density at radius 1 is 1.00 bits per heavy atom. The molecule has 2 aromatic heterocycles. The van der Waals surface area contributed by atoms with E-state index in [2.05, 4.69) is 30.4 Å². The molecule has 0 unspecified atom stereocenters. The van der Waals surface area contributed by atoms with E-state index in [0.29, 0.717) is 10.3 Å². The van der Waals surface area contributed by atoms with E-state index in [1.807, 2.05) is 0 Å². The Bertz CT molecular complexity index is 267. The first kappa shape index (κ1) is 6.35. The van der Waals surface area contributed by atoms with Crippen LogP contribution < -0.4 is 0 Å². The Morgan fingerprint density at radius 2 is 1.55 bits per heavy atom. The molecule has 2 rings (SSSR count). The van der Waals surface area contributed by atoms with Crippen molar-refractivity contribution >= 4 is 11.8 Å². The Hall–Kier alpha value is -1.37. The highest BCUT2D eigenvalue weighted by Crippen LogP contribution is 2.17. The molecule has 0 aromatic carbocycles. The van der Waals surface area contributed by atoms with Crippen LogP contribution in [-0.2, 0) is 0 Å². The van der Waals surface area contributed by atoms with Crippen LogP contribution in [0.15, 0.2) is 23.0 Å². The van der Waals surface area contributed by atoms with Crippen molar-refractivity contribution in [2.75, 3.05) is 0 Å². The number of hydrogen-bond acceptors (Lipinski definition) is 5. The van der Waals surface area contributed by atoms with Gasteiger partial charge in [0.1, 0.15) is 12.7 Å². The van der Waals surface area contributed by atoms with Crippen LogP contribution in [0.4, 0.5) is 0 Å². The molecule has 7 heteroatoms. The molecule has 56 valence electrons. The first-order valence-electron chi connectivity index (χ1n) is 2.84. The van der Waals surface area contributed by atoms with Gasteiger partial charge in [0.2, 0.25) is 10.3 Å². The summed E-state index contributed by atoms with van der Waals surface area (Å²) in [4.78, 5) is 7.79. The predicted octanol–water partition coefficient (Wildman–Crippen LogP) is 0.0740. The second-order valence-electron chi connectivity index (χ2n) is 1.67. The average molecular weight is 168 g/mol. The van der Waals surface area contributed by atoms with Gasteiger partial charge in [0.05, 0.1) is 0 Å². The summed E-state index contributed by atoms with van der Waals surface area (Å²) in [6.45, 7) is 0. The van der Waals surface area contributed by atoms with Crippen molar-refractivity contribution in [3.8, 4) is 0 Å². The smallest absolute Gasteiger partial charge is 0.216 e. The number of H-pyrrole nitrogens is 2. The van der Waals surface area contributed by atoms with Gasteiger partial charge in [0, 0.05) is 0 Å². The number of nitrogens with zero attached hydrogens (tertiary/aromatic N) is 4. The SMILES string of the molecule is c1nc(Sc2nc[nH]n2)n[nH]1. The molecule has 0 saturated heterocycles. The van der Waals surface area contributed by atoms with Crippen LogP contribution in [0.3, 0.4) is 0 Å². The van der Waals surface area contributed by atoms with Gasteiger partial charge in [-0.2, -0.15) is 0 Å². The molecule has 2 heterocycles. The number of aromatic amines is 2. The second-order valence-corrected chi connectivity index (χ2v) is 2.60. The number of aromatic nitrogens is 6. The van der Waals surface area contributed by atoms with Crippen LogP contribution >= 0.6 is 11.8 Å². The minimum Gasteiger partial charge on any atom is -0.265 e. The lowest BCUT2D eigenvalue weighted by molar-refractivity contribution is 0.938. The standard InChI is InChI=1S/C4H4N6S/c1-5-3(9-7-1)11-4-6-2-8-10-4/h1-2H,(H,5,7,9)(H,6,8,10). The van der Waals surface area contributed by atoms with Gasteiger partial charge in [-0.15, -0.1) is 10.2 Å². The fourth-order valence-corrected chi connectivity index (χ4v) is 1.14. The van der Waals surface area contributed by atoms with Crippen molar-refractivity contribution < 1.29 is 0 Å². The van der Waals surface area contributed by atoms with Gasteiger partial charge in [-0.1, -0.05) is 0 Å². The summed E-state index contributed by atoms with van der Waals surface area (Å²) in [5, 5.41) is 14.1. The van der Waals surface area contributed by atoms with E-state index in [-0.39, 0.29) is 0 Å². The van der Waals surface area contributed by atoms with Crippen LogP contribution in [0.1, 0.15) is 0 Å². The first-order valence-corrected chi connectivity index (χ1v) is 3.66. The third-order valence-corrected chi connectivity index (χ3v) is 1.73. The molecule has 0 atom stereocenters. The molecular weight excluding hydrogens is 164 g/mol.